The van der Waals surface area contributed by atoms with Crippen LogP contribution < -0.4 is 0 Å². The summed E-state index contributed by atoms with van der Waals surface area (Å²) in [6, 6.07) is 5.14. The summed E-state index contributed by atoms with van der Waals surface area (Å²) in [5.41, 5.74) is 5.58. The van der Waals surface area contributed by atoms with Crippen LogP contribution in [-0.2, 0) is 16.2 Å². The highest BCUT2D eigenvalue weighted by molar-refractivity contribution is 5.54. The van der Waals surface area contributed by atoms with Crippen LogP contribution in [0.3, 0.4) is 0 Å². The van der Waals surface area contributed by atoms with Gasteiger partial charge in [0.05, 0.1) is 0 Å². The number of hydrogen-bond donors (Lipinski definition) is 1. The van der Waals surface area contributed by atoms with Crippen molar-refractivity contribution >= 4 is 0 Å². The Kier molecular flexibility index (Phi) is 3.22. The van der Waals surface area contributed by atoms with Crippen molar-refractivity contribution < 1.29 is 5.11 Å². The predicted molar refractivity (Wildman–Crippen MR) is 113 cm³/mol. The van der Waals surface area contributed by atoms with Crippen LogP contribution in [0, 0.1) is 17.8 Å². The van der Waals surface area contributed by atoms with E-state index in [1.54, 1.807) is 5.56 Å². The van der Waals surface area contributed by atoms with Gasteiger partial charge in [-0.3, -0.25) is 0 Å². The second-order valence-electron chi connectivity index (χ2n) is 12.2. The maximum atomic E-state index is 11.8. The predicted octanol–water partition coefficient (Wildman–Crippen LogP) is 6.89. The van der Waals surface area contributed by atoms with Gasteiger partial charge in [0.2, 0.25) is 0 Å². The van der Waals surface area contributed by atoms with Crippen LogP contribution in [0.25, 0.3) is 0 Å². The van der Waals surface area contributed by atoms with Gasteiger partial charge < -0.3 is 5.11 Å². The fourth-order valence-electron chi connectivity index (χ4n) is 9.49. The smallest absolute Gasteiger partial charge is 0.123 e. The zero-order valence-electron chi connectivity index (χ0n) is 17.4. The number of phenolic OH excluding ortho intramolecular Hbond substituents is 1. The normalized spacial score (nSPS) is 48.2. The van der Waals surface area contributed by atoms with Crippen molar-refractivity contribution in [3.63, 3.8) is 0 Å². The Morgan fingerprint density at radius 2 is 0.929 bits per heavy atom. The Hall–Kier alpha value is -0.980. The summed E-state index contributed by atoms with van der Waals surface area (Å²) in [5, 5.41) is 11.8. The highest BCUT2D eigenvalue weighted by Gasteiger charge is 2.53. The summed E-state index contributed by atoms with van der Waals surface area (Å²) < 4.78 is 0. The molecule has 0 aromatic heterocycles. The van der Waals surface area contributed by atoms with E-state index < -0.39 is 0 Å². The molecule has 1 heteroatoms. The topological polar surface area (TPSA) is 20.2 Å². The molecule has 28 heavy (non-hydrogen) atoms. The maximum absolute atomic E-state index is 11.8. The van der Waals surface area contributed by atoms with Crippen LogP contribution in [0.15, 0.2) is 12.1 Å². The molecule has 0 atom stereocenters. The van der Waals surface area contributed by atoms with Gasteiger partial charge in [-0.1, -0.05) is 12.1 Å². The first-order chi connectivity index (χ1) is 13.6. The first-order valence-electron chi connectivity index (χ1n) is 12.5. The van der Waals surface area contributed by atoms with E-state index in [0.29, 0.717) is 16.2 Å². The van der Waals surface area contributed by atoms with Gasteiger partial charge in [-0.05, 0) is 136 Å². The van der Waals surface area contributed by atoms with Crippen molar-refractivity contribution in [1.82, 2.24) is 0 Å². The average molecular weight is 377 g/mol. The monoisotopic (exact) mass is 376 g/mol. The molecule has 7 rings (SSSR count). The lowest BCUT2D eigenvalue weighted by Crippen LogP contribution is -2.27. The molecular weight excluding hydrogens is 340 g/mol. The van der Waals surface area contributed by atoms with E-state index in [9.17, 15) is 5.11 Å². The summed E-state index contributed by atoms with van der Waals surface area (Å²) >= 11 is 0. The minimum Gasteiger partial charge on any atom is -0.507 e. The van der Waals surface area contributed by atoms with Crippen molar-refractivity contribution in [2.75, 3.05) is 0 Å². The van der Waals surface area contributed by atoms with Crippen LogP contribution in [0.5, 0.6) is 5.75 Å². The molecule has 0 saturated heterocycles. The van der Waals surface area contributed by atoms with Gasteiger partial charge in [-0.15, -0.1) is 0 Å². The molecule has 150 valence electrons. The molecule has 1 nitrogen and oxygen atoms in total. The number of aromatic hydroxyl groups is 1. The van der Waals surface area contributed by atoms with Gasteiger partial charge in [-0.2, -0.15) is 0 Å². The van der Waals surface area contributed by atoms with E-state index in [2.05, 4.69) is 12.1 Å². The molecule has 0 heterocycles. The Morgan fingerprint density at radius 1 is 0.571 bits per heavy atom. The molecule has 0 amide bonds. The third kappa shape index (κ3) is 2.04. The zero-order valence-corrected chi connectivity index (χ0v) is 17.4. The van der Waals surface area contributed by atoms with Crippen LogP contribution in [0.2, 0.25) is 0 Å². The van der Waals surface area contributed by atoms with Crippen molar-refractivity contribution in [2.24, 2.45) is 17.8 Å². The van der Waals surface area contributed by atoms with Gasteiger partial charge in [-0.25, -0.2) is 0 Å². The number of rotatable bonds is 3. The molecule has 6 bridgehead atoms. The van der Waals surface area contributed by atoms with Crippen molar-refractivity contribution in [1.29, 1.82) is 0 Å². The second-order valence-corrected chi connectivity index (χ2v) is 12.2. The van der Waals surface area contributed by atoms with E-state index in [0.717, 1.165) is 23.5 Å². The fraction of sp³-hybridized carbons (Fsp3) is 0.778. The SMILES string of the molecule is Oc1c(C23CCC(CC2)C3)cc(C23CCC(CC2)C3)cc1C12CCC(CC1)C2. The van der Waals surface area contributed by atoms with Crippen molar-refractivity contribution in [2.45, 2.75) is 113 Å². The third-order valence-electron chi connectivity index (χ3n) is 11.1. The Bertz CT molecular complexity index is 760. The molecule has 0 radical (unpaired) electrons. The molecule has 1 aromatic rings. The summed E-state index contributed by atoms with van der Waals surface area (Å²) in [4.78, 5) is 0. The Labute approximate surface area is 170 Å². The molecule has 6 aliphatic rings. The Balaban J connectivity index is 1.43. The molecule has 0 aliphatic heterocycles. The number of phenols is 1. The first kappa shape index (κ1) is 16.8. The van der Waals surface area contributed by atoms with E-state index in [1.807, 2.05) is 0 Å². The lowest BCUT2D eigenvalue weighted by Gasteiger charge is -2.37. The van der Waals surface area contributed by atoms with E-state index in [1.165, 1.54) is 107 Å². The Morgan fingerprint density at radius 3 is 1.25 bits per heavy atom. The van der Waals surface area contributed by atoms with Crippen LogP contribution in [0.1, 0.15) is 113 Å². The summed E-state index contributed by atoms with van der Waals surface area (Å²) in [6.07, 6.45) is 20.8. The quantitative estimate of drug-likeness (QED) is 0.609. The number of fused-ring (bicyclic) bond motifs is 6. The molecule has 1 aromatic carbocycles. The van der Waals surface area contributed by atoms with Gasteiger partial charge in [0.15, 0.2) is 0 Å². The molecule has 6 fully saturated rings. The van der Waals surface area contributed by atoms with Gasteiger partial charge in [0.1, 0.15) is 5.75 Å². The lowest BCUT2D eigenvalue weighted by atomic mass is 9.68. The first-order valence-corrected chi connectivity index (χ1v) is 12.5. The van der Waals surface area contributed by atoms with E-state index >= 15 is 0 Å². The van der Waals surface area contributed by atoms with Gasteiger partial charge in [0.25, 0.3) is 0 Å². The summed E-state index contributed by atoms with van der Waals surface area (Å²) in [6.45, 7) is 0. The summed E-state index contributed by atoms with van der Waals surface area (Å²) in [5.74, 6) is 3.62. The average Bonchev–Trinajstić information content (AvgIpc) is 3.56. The number of benzene rings is 1. The maximum Gasteiger partial charge on any atom is 0.123 e. The number of hydrogen-bond acceptors (Lipinski definition) is 1. The molecule has 6 saturated carbocycles. The minimum absolute atomic E-state index is 0.319. The highest BCUT2D eigenvalue weighted by atomic mass is 16.3. The largest absolute Gasteiger partial charge is 0.507 e. The zero-order chi connectivity index (χ0) is 18.6. The van der Waals surface area contributed by atoms with E-state index in [4.69, 9.17) is 0 Å². The van der Waals surface area contributed by atoms with Crippen molar-refractivity contribution in [3.8, 4) is 5.75 Å². The van der Waals surface area contributed by atoms with Crippen LogP contribution in [0.4, 0.5) is 0 Å². The van der Waals surface area contributed by atoms with E-state index in [-0.39, 0.29) is 0 Å². The fourth-order valence-corrected chi connectivity index (χ4v) is 9.49. The van der Waals surface area contributed by atoms with Crippen molar-refractivity contribution in [3.05, 3.63) is 28.8 Å². The molecule has 1 N–H and O–H groups in total. The second kappa shape index (κ2) is 5.38. The molecule has 0 spiro atoms. The van der Waals surface area contributed by atoms with Crippen LogP contribution in [-0.4, -0.2) is 5.11 Å². The molecule has 6 aliphatic carbocycles. The molecular formula is C27H36O. The minimum atomic E-state index is 0.319. The standard InChI is InChI=1S/C27H36O/c28-24-22(26-9-3-19(16-26)4-10-26)13-21(25-7-1-18(15-25)2-8-25)14-23(24)27-11-5-20(17-27)6-12-27/h13-14,18-20,28H,1-12,15-17H2. The third-order valence-corrected chi connectivity index (χ3v) is 11.1. The molecule has 0 unspecified atom stereocenters. The highest BCUT2D eigenvalue weighted by Crippen LogP contribution is 2.63. The lowest BCUT2D eigenvalue weighted by molar-refractivity contribution is 0.358. The summed E-state index contributed by atoms with van der Waals surface area (Å²) in [7, 11) is 0. The van der Waals surface area contributed by atoms with Gasteiger partial charge in [0, 0.05) is 11.1 Å². The van der Waals surface area contributed by atoms with Crippen LogP contribution >= 0.6 is 0 Å². The van der Waals surface area contributed by atoms with Gasteiger partial charge >= 0.3 is 0 Å².